The maximum Gasteiger partial charge on any atom is 0.245 e. The second kappa shape index (κ2) is 6.93. The molecular formula is C19H28N4O. The van der Waals surface area contributed by atoms with E-state index in [0.29, 0.717) is 24.4 Å². The van der Waals surface area contributed by atoms with Gasteiger partial charge in [0, 0.05) is 30.7 Å². The van der Waals surface area contributed by atoms with Crippen molar-refractivity contribution in [2.45, 2.75) is 66.2 Å². The Hall–Kier alpha value is -1.88. The van der Waals surface area contributed by atoms with Crippen molar-refractivity contribution in [2.24, 2.45) is 5.92 Å². The summed E-state index contributed by atoms with van der Waals surface area (Å²) in [7, 11) is 0. The Kier molecular flexibility index (Phi) is 4.90. The first kappa shape index (κ1) is 17.0. The van der Waals surface area contributed by atoms with Crippen LogP contribution in [0.3, 0.4) is 0 Å². The van der Waals surface area contributed by atoms with Gasteiger partial charge in [0.15, 0.2) is 5.82 Å². The number of nitrogens with zero attached hydrogens (tertiary/aromatic N) is 3. The molecule has 3 rings (SSSR count). The topological polar surface area (TPSA) is 54.2 Å². The maximum absolute atomic E-state index is 5.32. The average Bonchev–Trinajstić information content (AvgIpc) is 3.18. The molecule has 1 aliphatic heterocycles. The molecule has 0 fully saturated rings. The molecule has 1 aromatic heterocycles. The summed E-state index contributed by atoms with van der Waals surface area (Å²) in [6.45, 7) is 13.6. The van der Waals surface area contributed by atoms with Crippen LogP contribution in [0.4, 0.5) is 5.69 Å². The number of aromatic nitrogens is 2. The van der Waals surface area contributed by atoms with Crippen LogP contribution in [0, 0.1) is 5.92 Å². The van der Waals surface area contributed by atoms with Crippen molar-refractivity contribution >= 4 is 5.69 Å². The Balaban J connectivity index is 1.69. The summed E-state index contributed by atoms with van der Waals surface area (Å²) in [5.41, 5.74) is 3.99. The number of hydrogen-bond donors (Lipinski definition) is 1. The Morgan fingerprint density at radius 3 is 2.62 bits per heavy atom. The lowest BCUT2D eigenvalue weighted by Gasteiger charge is -2.27. The van der Waals surface area contributed by atoms with E-state index in [1.165, 1.54) is 16.8 Å². The van der Waals surface area contributed by atoms with Gasteiger partial charge in [-0.1, -0.05) is 45.0 Å². The molecule has 5 heteroatoms. The van der Waals surface area contributed by atoms with Crippen molar-refractivity contribution in [1.82, 2.24) is 15.0 Å². The van der Waals surface area contributed by atoms with Crippen molar-refractivity contribution in [2.75, 3.05) is 5.32 Å². The van der Waals surface area contributed by atoms with Gasteiger partial charge in [-0.3, -0.25) is 4.90 Å². The molecule has 1 aromatic carbocycles. The highest BCUT2D eigenvalue weighted by molar-refractivity contribution is 5.56. The number of rotatable bonds is 6. The van der Waals surface area contributed by atoms with Crippen LogP contribution in [0.15, 0.2) is 22.7 Å². The first-order chi connectivity index (χ1) is 11.5. The summed E-state index contributed by atoms with van der Waals surface area (Å²) in [5, 5.41) is 7.50. The van der Waals surface area contributed by atoms with Crippen LogP contribution in [0.5, 0.6) is 0 Å². The molecule has 24 heavy (non-hydrogen) atoms. The van der Waals surface area contributed by atoms with Crippen LogP contribution in [0.2, 0.25) is 0 Å². The lowest BCUT2D eigenvalue weighted by molar-refractivity contribution is 0.170. The fourth-order valence-corrected chi connectivity index (χ4v) is 3.07. The summed E-state index contributed by atoms with van der Waals surface area (Å²) < 4.78 is 5.32. The molecule has 1 aliphatic rings. The van der Waals surface area contributed by atoms with E-state index in [9.17, 15) is 0 Å². The molecule has 0 aliphatic carbocycles. The van der Waals surface area contributed by atoms with E-state index in [1.54, 1.807) is 0 Å². The fraction of sp³-hybridized carbons (Fsp3) is 0.579. The standard InChI is InChI=1S/C19H28N4O/c1-12(2)14(5)23-10-15-7-6-8-17(16(15)11-23)20-9-18-21-19(13(3)4)22-24-18/h6-8,12-14,20H,9-11H2,1-5H3. The highest BCUT2D eigenvalue weighted by atomic mass is 16.5. The Labute approximate surface area is 144 Å². The molecule has 0 spiro atoms. The highest BCUT2D eigenvalue weighted by Gasteiger charge is 2.26. The first-order valence-corrected chi connectivity index (χ1v) is 8.87. The lowest BCUT2D eigenvalue weighted by atomic mass is 10.1. The van der Waals surface area contributed by atoms with Crippen molar-refractivity contribution < 1.29 is 4.52 Å². The summed E-state index contributed by atoms with van der Waals surface area (Å²) in [5.74, 6) is 2.35. The van der Waals surface area contributed by atoms with Gasteiger partial charge in [0.1, 0.15) is 0 Å². The minimum Gasteiger partial charge on any atom is -0.376 e. The number of anilines is 1. The molecular weight excluding hydrogens is 300 g/mol. The van der Waals surface area contributed by atoms with E-state index < -0.39 is 0 Å². The van der Waals surface area contributed by atoms with Gasteiger partial charge in [0.05, 0.1) is 6.54 Å². The zero-order valence-corrected chi connectivity index (χ0v) is 15.3. The summed E-state index contributed by atoms with van der Waals surface area (Å²) in [6, 6.07) is 7.08. The zero-order valence-electron chi connectivity index (χ0n) is 15.3. The monoisotopic (exact) mass is 328 g/mol. The first-order valence-electron chi connectivity index (χ1n) is 8.87. The molecule has 2 aromatic rings. The molecule has 1 atom stereocenters. The third-order valence-electron chi connectivity index (χ3n) is 4.98. The van der Waals surface area contributed by atoms with Crippen LogP contribution in [-0.2, 0) is 19.6 Å². The smallest absolute Gasteiger partial charge is 0.245 e. The fourth-order valence-electron chi connectivity index (χ4n) is 3.07. The Morgan fingerprint density at radius 2 is 1.96 bits per heavy atom. The van der Waals surface area contributed by atoms with Crippen molar-refractivity contribution in [1.29, 1.82) is 0 Å². The van der Waals surface area contributed by atoms with Crippen LogP contribution in [0.1, 0.15) is 63.4 Å². The summed E-state index contributed by atoms with van der Waals surface area (Å²) >= 11 is 0. The molecule has 1 N–H and O–H groups in total. The van der Waals surface area contributed by atoms with Crippen LogP contribution >= 0.6 is 0 Å². The number of hydrogen-bond acceptors (Lipinski definition) is 5. The quantitative estimate of drug-likeness (QED) is 0.862. The highest BCUT2D eigenvalue weighted by Crippen LogP contribution is 2.32. The second-order valence-corrected chi connectivity index (χ2v) is 7.39. The molecule has 2 heterocycles. The third-order valence-corrected chi connectivity index (χ3v) is 4.98. The maximum atomic E-state index is 5.32. The van der Waals surface area contributed by atoms with E-state index in [-0.39, 0.29) is 5.92 Å². The molecule has 0 saturated carbocycles. The van der Waals surface area contributed by atoms with E-state index in [4.69, 9.17) is 4.52 Å². The van der Waals surface area contributed by atoms with Gasteiger partial charge >= 0.3 is 0 Å². The van der Waals surface area contributed by atoms with Gasteiger partial charge in [0.25, 0.3) is 0 Å². The van der Waals surface area contributed by atoms with Gasteiger partial charge in [-0.25, -0.2) is 0 Å². The molecule has 0 radical (unpaired) electrons. The minimum atomic E-state index is 0.287. The van der Waals surface area contributed by atoms with Crippen molar-refractivity contribution in [3.63, 3.8) is 0 Å². The number of nitrogens with one attached hydrogen (secondary N) is 1. The van der Waals surface area contributed by atoms with Gasteiger partial charge in [0.2, 0.25) is 5.89 Å². The van der Waals surface area contributed by atoms with Crippen molar-refractivity contribution in [3.05, 3.63) is 41.0 Å². The minimum absolute atomic E-state index is 0.287. The van der Waals surface area contributed by atoms with E-state index in [1.807, 2.05) is 0 Å². The van der Waals surface area contributed by atoms with Gasteiger partial charge in [-0.2, -0.15) is 4.98 Å². The molecule has 130 valence electrons. The normalized spacial score (nSPS) is 16.0. The predicted octanol–water partition coefficient (Wildman–Crippen LogP) is 4.17. The van der Waals surface area contributed by atoms with Crippen LogP contribution < -0.4 is 5.32 Å². The predicted molar refractivity (Wildman–Crippen MR) is 95.7 cm³/mol. The Morgan fingerprint density at radius 1 is 1.17 bits per heavy atom. The molecule has 5 nitrogen and oxygen atoms in total. The molecule has 0 saturated heterocycles. The third kappa shape index (κ3) is 3.46. The van der Waals surface area contributed by atoms with Gasteiger partial charge in [-0.05, 0) is 30.0 Å². The number of fused-ring (bicyclic) bond motifs is 1. The Bertz CT molecular complexity index is 692. The van der Waals surface area contributed by atoms with E-state index >= 15 is 0 Å². The van der Waals surface area contributed by atoms with Crippen LogP contribution in [-0.4, -0.2) is 21.1 Å². The van der Waals surface area contributed by atoms with E-state index in [0.717, 1.165) is 18.9 Å². The molecule has 0 amide bonds. The second-order valence-electron chi connectivity index (χ2n) is 7.39. The zero-order chi connectivity index (χ0) is 17.3. The van der Waals surface area contributed by atoms with Crippen LogP contribution in [0.25, 0.3) is 0 Å². The lowest BCUT2D eigenvalue weighted by Crippen LogP contribution is -2.32. The molecule has 0 bridgehead atoms. The van der Waals surface area contributed by atoms with E-state index in [2.05, 4.69) is 73.2 Å². The van der Waals surface area contributed by atoms with Crippen molar-refractivity contribution in [3.8, 4) is 0 Å². The summed E-state index contributed by atoms with van der Waals surface area (Å²) in [4.78, 5) is 6.98. The van der Waals surface area contributed by atoms with Gasteiger partial charge < -0.3 is 9.84 Å². The van der Waals surface area contributed by atoms with Gasteiger partial charge in [-0.15, -0.1) is 0 Å². The summed E-state index contributed by atoms with van der Waals surface area (Å²) in [6.07, 6.45) is 0. The SMILES string of the molecule is CC(C)c1noc(CNc2cccc3c2CN(C(C)C(C)C)C3)n1. The molecule has 1 unspecified atom stereocenters. The largest absolute Gasteiger partial charge is 0.376 e. The number of benzene rings is 1. The average molecular weight is 328 g/mol.